The molecule has 7 heteroatoms. The Labute approximate surface area is 269 Å². The van der Waals surface area contributed by atoms with Crippen LogP contribution in [0.3, 0.4) is 0 Å². The lowest BCUT2D eigenvalue weighted by atomic mass is 9.69. The lowest BCUT2D eigenvalue weighted by Gasteiger charge is -2.39. The Morgan fingerprint density at radius 3 is 2.22 bits per heavy atom. The highest BCUT2D eigenvalue weighted by Crippen LogP contribution is 2.60. The highest BCUT2D eigenvalue weighted by molar-refractivity contribution is 6.30. The summed E-state index contributed by atoms with van der Waals surface area (Å²) in [5.41, 5.74) is 1.45. The number of nitrogens with zero attached hydrogens (tertiary/aromatic N) is 1. The van der Waals surface area contributed by atoms with Crippen molar-refractivity contribution in [1.82, 2.24) is 4.90 Å². The monoisotopic (exact) mass is 620 g/mol. The molecule has 230 valence electrons. The molecule has 0 aliphatic carbocycles. The topological polar surface area (TPSA) is 75.7 Å². The van der Waals surface area contributed by atoms with E-state index in [-0.39, 0.29) is 17.6 Å². The van der Waals surface area contributed by atoms with Crippen LogP contribution in [0.2, 0.25) is 5.02 Å². The number of hydrogen-bond acceptors (Lipinski definition) is 4. The van der Waals surface area contributed by atoms with E-state index in [1.54, 1.807) is 53.4 Å². The number of Topliss-reactive ketones (excluding diaryl/α,β-unsaturated/α-hetero) is 1. The van der Waals surface area contributed by atoms with Crippen LogP contribution in [-0.4, -0.2) is 35.1 Å². The number of hydrogen-bond donors (Lipinski definition) is 1. The summed E-state index contributed by atoms with van der Waals surface area (Å²) in [5.74, 6) is -1.56. The van der Waals surface area contributed by atoms with E-state index >= 15 is 0 Å². The van der Waals surface area contributed by atoms with Crippen LogP contribution < -0.4 is 10.1 Å². The molecule has 0 aromatic heterocycles. The molecular formula is C38H37ClN2O4. The summed E-state index contributed by atoms with van der Waals surface area (Å²) < 4.78 is 5.86. The third-order valence-corrected chi connectivity index (χ3v) is 9.39. The van der Waals surface area contributed by atoms with Crippen molar-refractivity contribution in [2.45, 2.75) is 57.0 Å². The molecule has 2 amide bonds. The van der Waals surface area contributed by atoms with Crippen LogP contribution in [0.4, 0.5) is 5.69 Å². The van der Waals surface area contributed by atoms with Gasteiger partial charge in [0.05, 0.1) is 12.5 Å². The summed E-state index contributed by atoms with van der Waals surface area (Å²) in [6.45, 7) is 4.76. The van der Waals surface area contributed by atoms with Gasteiger partial charge in [-0.15, -0.1) is 0 Å². The molecule has 0 saturated carbocycles. The summed E-state index contributed by atoms with van der Waals surface area (Å²) in [7, 11) is 0. The van der Waals surface area contributed by atoms with Crippen LogP contribution in [-0.2, 0) is 10.3 Å². The van der Waals surface area contributed by atoms with Gasteiger partial charge in [0.2, 0.25) is 0 Å². The SMILES string of the molecule is CCCCOc1ccc(C(=O)N2C(CCC)C(c3ccc(Cl)cc3)C(C(=O)c3ccccc3)C23C(=O)Nc2ccccc23)cc1. The van der Waals surface area contributed by atoms with Gasteiger partial charge >= 0.3 is 0 Å². The number of para-hydroxylation sites is 1. The molecule has 2 aliphatic heterocycles. The molecule has 4 unspecified atom stereocenters. The van der Waals surface area contributed by atoms with Gasteiger partial charge in [-0.25, -0.2) is 0 Å². The van der Waals surface area contributed by atoms with Crippen LogP contribution in [0.1, 0.15) is 77.3 Å². The van der Waals surface area contributed by atoms with Gasteiger partial charge in [-0.1, -0.05) is 99.0 Å². The molecule has 4 atom stereocenters. The fourth-order valence-electron chi connectivity index (χ4n) is 7.18. The third-order valence-electron chi connectivity index (χ3n) is 9.13. The summed E-state index contributed by atoms with van der Waals surface area (Å²) in [6, 6.07) is 30.6. The second-order valence-electron chi connectivity index (χ2n) is 11.8. The van der Waals surface area contributed by atoms with Crippen molar-refractivity contribution in [1.29, 1.82) is 0 Å². The predicted octanol–water partition coefficient (Wildman–Crippen LogP) is 8.27. The second-order valence-corrected chi connectivity index (χ2v) is 12.2. The number of carbonyl (C=O) groups is 3. The number of carbonyl (C=O) groups excluding carboxylic acids is 3. The lowest BCUT2D eigenvalue weighted by Crippen LogP contribution is -2.56. The Kier molecular flexibility index (Phi) is 8.77. The van der Waals surface area contributed by atoms with Crippen molar-refractivity contribution in [3.05, 3.63) is 130 Å². The van der Waals surface area contributed by atoms with Crippen molar-refractivity contribution in [2.24, 2.45) is 5.92 Å². The Morgan fingerprint density at radius 2 is 1.53 bits per heavy atom. The molecule has 1 saturated heterocycles. The van der Waals surface area contributed by atoms with Crippen LogP contribution in [0.5, 0.6) is 5.75 Å². The number of benzene rings is 4. The quantitative estimate of drug-likeness (QED) is 0.143. The zero-order chi connectivity index (χ0) is 31.6. The minimum atomic E-state index is -1.58. The van der Waals surface area contributed by atoms with E-state index < -0.39 is 23.4 Å². The van der Waals surface area contributed by atoms with E-state index in [4.69, 9.17) is 16.3 Å². The Hall–Kier alpha value is -4.42. The Bertz CT molecular complexity index is 1690. The second kappa shape index (κ2) is 12.9. The van der Waals surface area contributed by atoms with E-state index in [0.29, 0.717) is 46.2 Å². The molecule has 4 aromatic carbocycles. The largest absolute Gasteiger partial charge is 0.494 e. The zero-order valence-corrected chi connectivity index (χ0v) is 26.3. The van der Waals surface area contributed by atoms with Gasteiger partial charge in [0.15, 0.2) is 11.3 Å². The van der Waals surface area contributed by atoms with Crippen molar-refractivity contribution in [3.63, 3.8) is 0 Å². The number of halogens is 1. The summed E-state index contributed by atoms with van der Waals surface area (Å²) in [5, 5.41) is 3.63. The molecule has 1 fully saturated rings. The number of fused-ring (bicyclic) bond motifs is 2. The first-order valence-electron chi connectivity index (χ1n) is 15.7. The Balaban J connectivity index is 1.58. The number of likely N-dealkylation sites (tertiary alicyclic amines) is 1. The zero-order valence-electron chi connectivity index (χ0n) is 25.5. The van der Waals surface area contributed by atoms with E-state index in [2.05, 4.69) is 19.2 Å². The standard InChI is InChI=1S/C38H37ClN2O4/c1-3-5-24-45-29-22-18-27(19-23-29)36(43)41-32(11-4-2)33(25-16-20-28(39)21-17-25)34(35(42)26-12-7-6-8-13-26)38(41)30-14-9-10-15-31(30)40-37(38)44/h6-10,12-23,32-34H,3-5,11,24H2,1-2H3,(H,40,44). The van der Waals surface area contributed by atoms with Crippen molar-refractivity contribution >= 4 is 34.9 Å². The maximum atomic E-state index is 14.9. The van der Waals surface area contributed by atoms with Gasteiger partial charge in [0.25, 0.3) is 11.8 Å². The van der Waals surface area contributed by atoms with Crippen molar-refractivity contribution in [3.8, 4) is 5.75 Å². The summed E-state index contributed by atoms with van der Waals surface area (Å²) in [4.78, 5) is 46.2. The summed E-state index contributed by atoms with van der Waals surface area (Å²) in [6.07, 6.45) is 3.29. The van der Waals surface area contributed by atoms with E-state index in [1.807, 2.05) is 54.6 Å². The number of amides is 2. The first kappa shape index (κ1) is 30.6. The van der Waals surface area contributed by atoms with Gasteiger partial charge in [-0.3, -0.25) is 14.4 Å². The van der Waals surface area contributed by atoms with Crippen molar-refractivity contribution in [2.75, 3.05) is 11.9 Å². The van der Waals surface area contributed by atoms with Gasteiger partial charge in [-0.2, -0.15) is 0 Å². The van der Waals surface area contributed by atoms with Crippen LogP contribution >= 0.6 is 11.6 Å². The summed E-state index contributed by atoms with van der Waals surface area (Å²) >= 11 is 6.33. The lowest BCUT2D eigenvalue weighted by molar-refractivity contribution is -0.127. The average molecular weight is 621 g/mol. The van der Waals surface area contributed by atoms with Gasteiger partial charge < -0.3 is 15.0 Å². The number of anilines is 1. The molecule has 6 nitrogen and oxygen atoms in total. The highest BCUT2D eigenvalue weighted by Gasteiger charge is 2.69. The van der Waals surface area contributed by atoms with Crippen molar-refractivity contribution < 1.29 is 19.1 Å². The number of unbranched alkanes of at least 4 members (excludes halogenated alkanes) is 1. The first-order chi connectivity index (χ1) is 21.9. The van der Waals surface area contributed by atoms with Crippen LogP contribution in [0, 0.1) is 5.92 Å². The van der Waals surface area contributed by atoms with E-state index in [1.165, 1.54) is 0 Å². The number of ether oxygens (including phenoxy) is 1. The fraction of sp³-hybridized carbons (Fsp3) is 0.289. The molecule has 1 spiro atoms. The normalized spacial score (nSPS) is 21.9. The van der Waals surface area contributed by atoms with Gasteiger partial charge in [0.1, 0.15) is 5.75 Å². The molecule has 6 rings (SSSR count). The number of rotatable bonds is 10. The smallest absolute Gasteiger partial charge is 0.255 e. The Morgan fingerprint density at radius 1 is 0.844 bits per heavy atom. The highest BCUT2D eigenvalue weighted by atomic mass is 35.5. The van der Waals surface area contributed by atoms with E-state index in [9.17, 15) is 14.4 Å². The van der Waals surface area contributed by atoms with Gasteiger partial charge in [-0.05, 0) is 60.9 Å². The molecule has 1 N–H and O–H groups in total. The first-order valence-corrected chi connectivity index (χ1v) is 16.1. The molecule has 4 aromatic rings. The molecular weight excluding hydrogens is 584 g/mol. The number of nitrogens with one attached hydrogen (secondary N) is 1. The molecule has 0 radical (unpaired) electrons. The third kappa shape index (κ3) is 5.31. The fourth-order valence-corrected chi connectivity index (χ4v) is 7.31. The molecule has 45 heavy (non-hydrogen) atoms. The molecule has 2 aliphatic rings. The van der Waals surface area contributed by atoms with Crippen LogP contribution in [0.25, 0.3) is 0 Å². The predicted molar refractivity (Wildman–Crippen MR) is 177 cm³/mol. The minimum absolute atomic E-state index is 0.182. The van der Waals surface area contributed by atoms with Crippen LogP contribution in [0.15, 0.2) is 103 Å². The maximum absolute atomic E-state index is 14.9. The maximum Gasteiger partial charge on any atom is 0.255 e. The minimum Gasteiger partial charge on any atom is -0.494 e. The number of ketones is 1. The molecule has 2 heterocycles. The molecule has 0 bridgehead atoms. The van der Waals surface area contributed by atoms with Gasteiger partial charge in [0, 0.05) is 39.4 Å². The average Bonchev–Trinajstić information content (AvgIpc) is 3.53. The van der Waals surface area contributed by atoms with E-state index in [0.717, 1.165) is 24.8 Å².